The van der Waals surface area contributed by atoms with E-state index in [4.69, 9.17) is 17.0 Å². The van der Waals surface area contributed by atoms with E-state index in [1.54, 1.807) is 7.11 Å². The standard InChI is InChI=1S/C12H11NO2S2/c1-7(10-11(14)13-12(16)17-10)8-5-3-4-6-9(8)15-2/h3-6H,1-2H3,(H,13,14,16). The monoisotopic (exact) mass is 265 g/mol. The smallest absolute Gasteiger partial charge is 0.263 e. The van der Waals surface area contributed by atoms with Gasteiger partial charge in [0.2, 0.25) is 0 Å². The molecule has 0 unspecified atom stereocenters. The van der Waals surface area contributed by atoms with E-state index in [1.165, 1.54) is 11.8 Å². The number of nitrogens with one attached hydrogen (secondary N) is 1. The fraction of sp³-hybridized carbons (Fsp3) is 0.167. The zero-order chi connectivity index (χ0) is 12.4. The van der Waals surface area contributed by atoms with Crippen molar-refractivity contribution in [3.05, 3.63) is 34.7 Å². The first-order valence-corrected chi connectivity index (χ1v) is 6.23. The van der Waals surface area contributed by atoms with Gasteiger partial charge in [-0.15, -0.1) is 0 Å². The number of allylic oxidation sites excluding steroid dienone is 1. The van der Waals surface area contributed by atoms with Crippen LogP contribution in [-0.2, 0) is 4.79 Å². The highest BCUT2D eigenvalue weighted by molar-refractivity contribution is 8.26. The van der Waals surface area contributed by atoms with Gasteiger partial charge in [-0.25, -0.2) is 0 Å². The van der Waals surface area contributed by atoms with Gasteiger partial charge in [-0.05, 0) is 18.6 Å². The summed E-state index contributed by atoms with van der Waals surface area (Å²) in [5, 5.41) is 2.61. The van der Waals surface area contributed by atoms with Crippen LogP contribution in [0.1, 0.15) is 12.5 Å². The molecule has 0 radical (unpaired) electrons. The molecule has 1 aliphatic heterocycles. The summed E-state index contributed by atoms with van der Waals surface area (Å²) in [4.78, 5) is 12.3. The van der Waals surface area contributed by atoms with Gasteiger partial charge in [-0.1, -0.05) is 42.2 Å². The summed E-state index contributed by atoms with van der Waals surface area (Å²) >= 11 is 6.26. The fourth-order valence-electron chi connectivity index (χ4n) is 1.64. The minimum Gasteiger partial charge on any atom is -0.496 e. The van der Waals surface area contributed by atoms with Crippen LogP contribution >= 0.6 is 24.0 Å². The Balaban J connectivity index is 2.49. The summed E-state index contributed by atoms with van der Waals surface area (Å²) in [6.07, 6.45) is 0. The van der Waals surface area contributed by atoms with Crippen molar-refractivity contribution in [3.63, 3.8) is 0 Å². The van der Waals surface area contributed by atoms with Crippen molar-refractivity contribution in [3.8, 4) is 5.75 Å². The number of ether oxygens (including phenoxy) is 1. The molecule has 0 saturated carbocycles. The van der Waals surface area contributed by atoms with Gasteiger partial charge in [0.1, 0.15) is 10.1 Å². The van der Waals surface area contributed by atoms with E-state index in [-0.39, 0.29) is 5.91 Å². The lowest BCUT2D eigenvalue weighted by Gasteiger charge is -2.09. The number of rotatable bonds is 2. The number of carbonyl (C=O) groups is 1. The van der Waals surface area contributed by atoms with Crippen molar-refractivity contribution in [2.24, 2.45) is 0 Å². The Bertz CT molecular complexity index is 523. The van der Waals surface area contributed by atoms with Crippen LogP contribution in [-0.4, -0.2) is 17.3 Å². The summed E-state index contributed by atoms with van der Waals surface area (Å²) in [6, 6.07) is 7.61. The molecule has 2 rings (SSSR count). The van der Waals surface area contributed by atoms with Crippen LogP contribution < -0.4 is 10.1 Å². The van der Waals surface area contributed by atoms with Gasteiger partial charge in [0.25, 0.3) is 5.91 Å². The number of para-hydroxylation sites is 1. The molecule has 1 N–H and O–H groups in total. The van der Waals surface area contributed by atoms with Crippen LogP contribution in [0, 0.1) is 0 Å². The van der Waals surface area contributed by atoms with E-state index in [2.05, 4.69) is 5.32 Å². The highest BCUT2D eigenvalue weighted by atomic mass is 32.2. The SMILES string of the molecule is COc1ccccc1C(C)=C1SC(=S)NC1=O. The molecule has 1 saturated heterocycles. The molecule has 5 heteroatoms. The van der Waals surface area contributed by atoms with Gasteiger partial charge in [-0.3, -0.25) is 4.79 Å². The van der Waals surface area contributed by atoms with E-state index in [0.29, 0.717) is 9.23 Å². The average Bonchev–Trinajstić information content (AvgIpc) is 2.67. The quantitative estimate of drug-likeness (QED) is 0.659. The predicted octanol–water partition coefficient (Wildman–Crippen LogP) is 2.57. The zero-order valence-corrected chi connectivity index (χ0v) is 11.1. The number of methoxy groups -OCH3 is 1. The Kier molecular flexibility index (Phi) is 3.49. The number of hydrogen-bond donors (Lipinski definition) is 1. The predicted molar refractivity (Wildman–Crippen MR) is 73.9 cm³/mol. The normalized spacial score (nSPS) is 18.0. The van der Waals surface area contributed by atoms with Gasteiger partial charge in [-0.2, -0.15) is 0 Å². The van der Waals surface area contributed by atoms with Gasteiger partial charge >= 0.3 is 0 Å². The first kappa shape index (κ1) is 12.1. The molecule has 0 aromatic heterocycles. The second kappa shape index (κ2) is 4.89. The minimum absolute atomic E-state index is 0.136. The fourth-order valence-corrected chi connectivity index (χ4v) is 2.72. The third-order valence-corrected chi connectivity index (χ3v) is 3.80. The number of thioether (sulfide) groups is 1. The van der Waals surface area contributed by atoms with Crippen LogP contribution in [0.4, 0.5) is 0 Å². The Hall–Kier alpha value is -1.33. The van der Waals surface area contributed by atoms with Crippen molar-refractivity contribution >= 4 is 39.8 Å². The molecule has 1 aromatic carbocycles. The number of carbonyl (C=O) groups excluding carboxylic acids is 1. The van der Waals surface area contributed by atoms with Crippen molar-refractivity contribution in [1.82, 2.24) is 5.32 Å². The first-order valence-electron chi connectivity index (χ1n) is 5.01. The highest BCUT2D eigenvalue weighted by Crippen LogP contribution is 2.35. The van der Waals surface area contributed by atoms with E-state index < -0.39 is 0 Å². The van der Waals surface area contributed by atoms with E-state index in [9.17, 15) is 4.79 Å². The van der Waals surface area contributed by atoms with Crippen LogP contribution in [0.5, 0.6) is 5.75 Å². The maximum absolute atomic E-state index is 11.7. The van der Waals surface area contributed by atoms with E-state index >= 15 is 0 Å². The third kappa shape index (κ3) is 2.35. The number of thiocarbonyl (C=S) groups is 1. The lowest BCUT2D eigenvalue weighted by molar-refractivity contribution is -0.115. The van der Waals surface area contributed by atoms with Crippen molar-refractivity contribution in [2.75, 3.05) is 7.11 Å². The molecule has 88 valence electrons. The summed E-state index contributed by atoms with van der Waals surface area (Å²) in [5.41, 5.74) is 1.79. The van der Waals surface area contributed by atoms with Gasteiger partial charge in [0.05, 0.1) is 12.0 Å². The Labute approximate surface area is 109 Å². The molecule has 0 spiro atoms. The molecule has 1 aliphatic rings. The summed E-state index contributed by atoms with van der Waals surface area (Å²) < 4.78 is 5.78. The minimum atomic E-state index is -0.136. The average molecular weight is 265 g/mol. The van der Waals surface area contributed by atoms with E-state index in [0.717, 1.165) is 16.9 Å². The van der Waals surface area contributed by atoms with Crippen LogP contribution in [0.3, 0.4) is 0 Å². The molecular weight excluding hydrogens is 254 g/mol. The van der Waals surface area contributed by atoms with Gasteiger partial charge in [0, 0.05) is 5.56 Å². The molecule has 17 heavy (non-hydrogen) atoms. The first-order chi connectivity index (χ1) is 8.13. The third-order valence-electron chi connectivity index (χ3n) is 2.47. The van der Waals surface area contributed by atoms with Crippen molar-refractivity contribution in [2.45, 2.75) is 6.92 Å². The summed E-state index contributed by atoms with van der Waals surface area (Å²) in [5.74, 6) is 0.618. The molecule has 1 aromatic rings. The molecule has 0 atom stereocenters. The number of hydrogen-bond acceptors (Lipinski definition) is 4. The van der Waals surface area contributed by atoms with E-state index in [1.807, 2.05) is 31.2 Å². The molecule has 1 heterocycles. The molecule has 1 fully saturated rings. The largest absolute Gasteiger partial charge is 0.496 e. The molecule has 0 aliphatic carbocycles. The van der Waals surface area contributed by atoms with Crippen LogP contribution in [0.15, 0.2) is 29.2 Å². The molecule has 3 nitrogen and oxygen atoms in total. The molecule has 0 bridgehead atoms. The number of benzene rings is 1. The lowest BCUT2D eigenvalue weighted by Crippen LogP contribution is -2.18. The Morgan fingerprint density at radius 3 is 2.71 bits per heavy atom. The maximum Gasteiger partial charge on any atom is 0.263 e. The second-order valence-corrected chi connectivity index (χ2v) is 5.19. The maximum atomic E-state index is 11.7. The zero-order valence-electron chi connectivity index (χ0n) is 9.44. The lowest BCUT2D eigenvalue weighted by atomic mass is 10.1. The van der Waals surface area contributed by atoms with Crippen LogP contribution in [0.2, 0.25) is 0 Å². The second-order valence-electron chi connectivity index (χ2n) is 3.50. The van der Waals surface area contributed by atoms with Gasteiger partial charge < -0.3 is 10.1 Å². The molecule has 1 amide bonds. The Morgan fingerprint density at radius 2 is 2.12 bits per heavy atom. The summed E-state index contributed by atoms with van der Waals surface area (Å²) in [6.45, 7) is 1.90. The molecular formula is C12H11NO2S2. The Morgan fingerprint density at radius 1 is 1.41 bits per heavy atom. The van der Waals surface area contributed by atoms with Crippen molar-refractivity contribution in [1.29, 1.82) is 0 Å². The van der Waals surface area contributed by atoms with Gasteiger partial charge in [0.15, 0.2) is 0 Å². The van der Waals surface area contributed by atoms with Crippen molar-refractivity contribution < 1.29 is 9.53 Å². The topological polar surface area (TPSA) is 38.3 Å². The summed E-state index contributed by atoms with van der Waals surface area (Å²) in [7, 11) is 1.61. The number of amides is 1. The van der Waals surface area contributed by atoms with Crippen LogP contribution in [0.25, 0.3) is 5.57 Å². The highest BCUT2D eigenvalue weighted by Gasteiger charge is 2.25.